The summed E-state index contributed by atoms with van der Waals surface area (Å²) in [5.74, 6) is 0.813. The van der Waals surface area contributed by atoms with Crippen molar-refractivity contribution in [1.29, 1.82) is 0 Å². The molecule has 0 saturated carbocycles. The van der Waals surface area contributed by atoms with Crippen LogP contribution in [-0.2, 0) is 6.42 Å². The van der Waals surface area contributed by atoms with Crippen LogP contribution in [0.4, 0.5) is 0 Å². The number of aromatic nitrogens is 2. The third kappa shape index (κ3) is 3.27. The van der Waals surface area contributed by atoms with E-state index in [1.54, 1.807) is 7.11 Å². The molecule has 0 amide bonds. The molecule has 4 rings (SSSR count). The maximum atomic E-state index is 6.45. The molecule has 2 heterocycles. The molecule has 5 heteroatoms. The van der Waals surface area contributed by atoms with Crippen molar-refractivity contribution in [3.05, 3.63) is 59.1 Å². The van der Waals surface area contributed by atoms with Gasteiger partial charge in [-0.25, -0.2) is 4.98 Å². The molecule has 0 aliphatic carbocycles. The number of hydrogen-bond acceptors (Lipinski definition) is 3. The monoisotopic (exact) mass is 379 g/mol. The normalized spacial score (nSPS) is 11.4. The smallest absolute Gasteiger partial charge is 0.130 e. The van der Waals surface area contributed by atoms with Crippen LogP contribution in [0.5, 0.6) is 5.75 Å². The minimum Gasteiger partial charge on any atom is -0.496 e. The molecule has 3 N–H and O–H groups in total. The van der Waals surface area contributed by atoms with Crippen LogP contribution in [0.1, 0.15) is 18.4 Å². The number of unbranched alkanes of at least 4 members (excludes halogenated alkanes) is 1. The molecule has 0 bridgehead atoms. The number of pyridine rings is 1. The Bertz CT molecular complexity index is 1100. The molecule has 0 aliphatic rings. The van der Waals surface area contributed by atoms with Crippen LogP contribution in [0, 0.1) is 0 Å². The number of para-hydroxylation sites is 2. The highest BCUT2D eigenvalue weighted by Gasteiger charge is 2.17. The molecule has 0 spiro atoms. The molecule has 0 atom stereocenters. The van der Waals surface area contributed by atoms with Crippen LogP contribution in [0.25, 0.3) is 33.2 Å². The highest BCUT2D eigenvalue weighted by Crippen LogP contribution is 2.36. The number of aryl methyl sites for hydroxylation is 1. The highest BCUT2D eigenvalue weighted by molar-refractivity contribution is 6.35. The SMILES string of the molecule is COc1cc(-c2[nH]c3c(Cl)cccc3c2CCCCN)nc2ccccc12. The number of methoxy groups -OCH3 is 1. The van der Waals surface area contributed by atoms with Gasteiger partial charge in [0.15, 0.2) is 0 Å². The fourth-order valence-electron chi connectivity index (χ4n) is 3.60. The van der Waals surface area contributed by atoms with Crippen molar-refractivity contribution in [2.45, 2.75) is 19.3 Å². The van der Waals surface area contributed by atoms with Crippen molar-refractivity contribution in [2.75, 3.05) is 13.7 Å². The Hall–Kier alpha value is -2.56. The Morgan fingerprint density at radius 3 is 2.70 bits per heavy atom. The van der Waals surface area contributed by atoms with Crippen LogP contribution in [0.2, 0.25) is 5.02 Å². The first-order valence-corrected chi connectivity index (χ1v) is 9.54. The molecule has 0 radical (unpaired) electrons. The summed E-state index contributed by atoms with van der Waals surface area (Å²) < 4.78 is 5.63. The van der Waals surface area contributed by atoms with Crippen LogP contribution in [0.15, 0.2) is 48.5 Å². The van der Waals surface area contributed by atoms with Gasteiger partial charge in [-0.05, 0) is 49.6 Å². The van der Waals surface area contributed by atoms with Gasteiger partial charge in [-0.3, -0.25) is 0 Å². The van der Waals surface area contributed by atoms with Crippen molar-refractivity contribution in [1.82, 2.24) is 9.97 Å². The first-order valence-electron chi connectivity index (χ1n) is 9.16. The maximum absolute atomic E-state index is 6.45. The van der Waals surface area contributed by atoms with E-state index < -0.39 is 0 Å². The zero-order chi connectivity index (χ0) is 18.8. The zero-order valence-corrected chi connectivity index (χ0v) is 16.0. The fraction of sp³-hybridized carbons (Fsp3) is 0.227. The van der Waals surface area contributed by atoms with Gasteiger partial charge in [0.05, 0.1) is 34.6 Å². The molecule has 138 valence electrons. The van der Waals surface area contributed by atoms with Gasteiger partial charge in [0.1, 0.15) is 5.75 Å². The fourth-order valence-corrected chi connectivity index (χ4v) is 3.82. The summed E-state index contributed by atoms with van der Waals surface area (Å²) in [6.07, 6.45) is 2.93. The number of ether oxygens (including phenoxy) is 1. The van der Waals surface area contributed by atoms with Crippen molar-refractivity contribution >= 4 is 33.4 Å². The second-order valence-corrected chi connectivity index (χ2v) is 7.02. The lowest BCUT2D eigenvalue weighted by Gasteiger charge is -2.10. The van der Waals surface area contributed by atoms with E-state index >= 15 is 0 Å². The van der Waals surface area contributed by atoms with Crippen molar-refractivity contribution in [2.24, 2.45) is 5.73 Å². The van der Waals surface area contributed by atoms with Gasteiger partial charge in [-0.2, -0.15) is 0 Å². The number of rotatable bonds is 6. The van der Waals surface area contributed by atoms with E-state index in [-0.39, 0.29) is 0 Å². The second kappa shape index (κ2) is 7.59. The molecule has 4 nitrogen and oxygen atoms in total. The van der Waals surface area contributed by atoms with E-state index in [1.165, 1.54) is 5.56 Å². The predicted molar refractivity (Wildman–Crippen MR) is 113 cm³/mol. The number of nitrogens with two attached hydrogens (primary N) is 1. The average Bonchev–Trinajstić information content (AvgIpc) is 3.07. The lowest BCUT2D eigenvalue weighted by atomic mass is 10.0. The van der Waals surface area contributed by atoms with E-state index in [0.717, 1.165) is 58.2 Å². The van der Waals surface area contributed by atoms with E-state index in [2.05, 4.69) is 11.1 Å². The highest BCUT2D eigenvalue weighted by atomic mass is 35.5. The Balaban J connectivity index is 1.93. The first-order chi connectivity index (χ1) is 13.2. The number of H-pyrrole nitrogens is 1. The third-order valence-electron chi connectivity index (χ3n) is 4.93. The van der Waals surface area contributed by atoms with Crippen LogP contribution in [-0.4, -0.2) is 23.6 Å². The van der Waals surface area contributed by atoms with E-state index in [1.807, 2.05) is 42.5 Å². The second-order valence-electron chi connectivity index (χ2n) is 6.61. The number of benzene rings is 2. The van der Waals surface area contributed by atoms with Crippen molar-refractivity contribution < 1.29 is 4.74 Å². The molecule has 0 fully saturated rings. The van der Waals surface area contributed by atoms with Crippen LogP contribution < -0.4 is 10.5 Å². The lowest BCUT2D eigenvalue weighted by molar-refractivity contribution is 0.419. The number of halogens is 1. The molecule has 4 aromatic rings. The first kappa shape index (κ1) is 17.8. The van der Waals surface area contributed by atoms with Gasteiger partial charge < -0.3 is 15.5 Å². The number of nitrogens with zero attached hydrogens (tertiary/aromatic N) is 1. The largest absolute Gasteiger partial charge is 0.496 e. The molecule has 2 aromatic heterocycles. The number of nitrogens with one attached hydrogen (secondary N) is 1. The summed E-state index contributed by atoms with van der Waals surface area (Å²) in [7, 11) is 1.69. The molecule has 0 aliphatic heterocycles. The summed E-state index contributed by atoms with van der Waals surface area (Å²) >= 11 is 6.45. The van der Waals surface area contributed by atoms with Crippen LogP contribution in [0.3, 0.4) is 0 Å². The maximum Gasteiger partial charge on any atom is 0.130 e. The Morgan fingerprint density at radius 2 is 1.89 bits per heavy atom. The third-order valence-corrected chi connectivity index (χ3v) is 5.24. The van der Waals surface area contributed by atoms with E-state index in [4.69, 9.17) is 27.1 Å². The minimum absolute atomic E-state index is 0.695. The van der Waals surface area contributed by atoms with Crippen molar-refractivity contribution in [3.63, 3.8) is 0 Å². The van der Waals surface area contributed by atoms with Crippen LogP contribution >= 0.6 is 11.6 Å². The Morgan fingerprint density at radius 1 is 1.07 bits per heavy atom. The van der Waals surface area contributed by atoms with Gasteiger partial charge in [-0.1, -0.05) is 35.9 Å². The summed E-state index contributed by atoms with van der Waals surface area (Å²) in [5.41, 5.74) is 10.6. The van der Waals surface area contributed by atoms with E-state index in [0.29, 0.717) is 11.6 Å². The standard InChI is InChI=1S/C22H22ClN3O/c1-27-20-13-19(25-18-11-3-2-8-16(18)20)22-15(7-4-5-12-24)14-9-6-10-17(23)21(14)26-22/h2-3,6,8-11,13,26H,4-5,7,12,24H2,1H3. The van der Waals surface area contributed by atoms with Crippen molar-refractivity contribution in [3.8, 4) is 17.1 Å². The average molecular weight is 380 g/mol. The quantitative estimate of drug-likeness (QED) is 0.445. The molecule has 27 heavy (non-hydrogen) atoms. The topological polar surface area (TPSA) is 63.9 Å². The zero-order valence-electron chi connectivity index (χ0n) is 15.3. The summed E-state index contributed by atoms with van der Waals surface area (Å²) in [6.45, 7) is 0.695. The number of hydrogen-bond donors (Lipinski definition) is 2. The summed E-state index contributed by atoms with van der Waals surface area (Å²) in [5, 5.41) is 2.86. The van der Waals surface area contributed by atoms with Gasteiger partial charge in [0.25, 0.3) is 0 Å². The molecule has 0 unspecified atom stereocenters. The Labute approximate surface area is 163 Å². The predicted octanol–water partition coefficient (Wildman–Crippen LogP) is 5.33. The lowest BCUT2D eigenvalue weighted by Crippen LogP contribution is -1.99. The minimum atomic E-state index is 0.695. The molecule has 2 aromatic carbocycles. The van der Waals surface area contributed by atoms with Gasteiger partial charge in [0, 0.05) is 16.8 Å². The van der Waals surface area contributed by atoms with Gasteiger partial charge >= 0.3 is 0 Å². The molecule has 0 saturated heterocycles. The van der Waals surface area contributed by atoms with Gasteiger partial charge in [-0.15, -0.1) is 0 Å². The molecular formula is C22H22ClN3O. The number of aromatic amines is 1. The summed E-state index contributed by atoms with van der Waals surface area (Å²) in [6, 6.07) is 16.0. The van der Waals surface area contributed by atoms with E-state index in [9.17, 15) is 0 Å². The Kier molecular flexibility index (Phi) is 5.01. The number of fused-ring (bicyclic) bond motifs is 2. The van der Waals surface area contributed by atoms with Gasteiger partial charge in [0.2, 0.25) is 0 Å². The molecular weight excluding hydrogens is 358 g/mol. The summed E-state index contributed by atoms with van der Waals surface area (Å²) in [4.78, 5) is 8.40.